The van der Waals surface area contributed by atoms with Crippen LogP contribution >= 0.6 is 0 Å². The van der Waals surface area contributed by atoms with Gasteiger partial charge in [-0.05, 0) is 37.8 Å². The van der Waals surface area contributed by atoms with Crippen LogP contribution in [0.3, 0.4) is 0 Å². The van der Waals surface area contributed by atoms with Crippen LogP contribution in [0.15, 0.2) is 24.3 Å². The van der Waals surface area contributed by atoms with Crippen molar-refractivity contribution in [3.05, 3.63) is 35.4 Å². The molecule has 0 N–H and O–H groups in total. The van der Waals surface area contributed by atoms with Crippen LogP contribution in [-0.4, -0.2) is 36.1 Å². The molecule has 1 saturated heterocycles. The van der Waals surface area contributed by atoms with Gasteiger partial charge in [0.2, 0.25) is 5.91 Å². The molecule has 1 aromatic rings. The van der Waals surface area contributed by atoms with E-state index in [1.807, 2.05) is 13.8 Å². The van der Waals surface area contributed by atoms with Crippen LogP contribution in [0.5, 0.6) is 0 Å². The van der Waals surface area contributed by atoms with Crippen molar-refractivity contribution in [1.82, 2.24) is 4.90 Å². The smallest absolute Gasteiger partial charge is 0.377 e. The zero-order valence-corrected chi connectivity index (χ0v) is 13.2. The summed E-state index contributed by atoms with van der Waals surface area (Å²) in [5.41, 5.74) is -0.794. The van der Waals surface area contributed by atoms with E-state index in [2.05, 4.69) is 0 Å². The molecule has 2 fully saturated rings. The van der Waals surface area contributed by atoms with E-state index >= 15 is 0 Å². The minimum Gasteiger partial charge on any atom is -0.377 e. The summed E-state index contributed by atoms with van der Waals surface area (Å²) in [7, 11) is 0. The third-order valence-electron chi connectivity index (χ3n) is 4.68. The van der Waals surface area contributed by atoms with Gasteiger partial charge in [-0.25, -0.2) is 0 Å². The predicted molar refractivity (Wildman–Crippen MR) is 78.9 cm³/mol. The van der Waals surface area contributed by atoms with Gasteiger partial charge >= 0.3 is 6.18 Å². The number of carbonyl (C=O) groups is 1. The summed E-state index contributed by atoms with van der Waals surface area (Å²) < 4.78 is 44.8. The summed E-state index contributed by atoms with van der Waals surface area (Å²) >= 11 is 0. The van der Waals surface area contributed by atoms with Crippen molar-refractivity contribution in [1.29, 1.82) is 0 Å². The Labute approximate surface area is 133 Å². The second kappa shape index (κ2) is 5.51. The fraction of sp³-hybridized carbons (Fsp3) is 0.588. The number of rotatable bonds is 2. The second-order valence-corrected chi connectivity index (χ2v) is 6.89. The lowest BCUT2D eigenvalue weighted by molar-refractivity contribution is -0.148. The average Bonchev–Trinajstić information content (AvgIpc) is 3.25. The van der Waals surface area contributed by atoms with Gasteiger partial charge in [0.05, 0.1) is 24.3 Å². The Hall–Kier alpha value is -1.56. The van der Waals surface area contributed by atoms with Crippen LogP contribution in [0, 0.1) is 5.92 Å². The molecule has 0 unspecified atom stereocenters. The van der Waals surface area contributed by atoms with Gasteiger partial charge in [0.25, 0.3) is 0 Å². The molecule has 1 amide bonds. The van der Waals surface area contributed by atoms with Crippen LogP contribution in [0.25, 0.3) is 0 Å². The summed E-state index contributed by atoms with van der Waals surface area (Å²) in [5, 5.41) is 0. The molecule has 1 aliphatic carbocycles. The third-order valence-corrected chi connectivity index (χ3v) is 4.68. The topological polar surface area (TPSA) is 29.5 Å². The summed E-state index contributed by atoms with van der Waals surface area (Å²) in [5.74, 6) is -0.741. The van der Waals surface area contributed by atoms with Gasteiger partial charge in [-0.3, -0.25) is 4.79 Å². The van der Waals surface area contributed by atoms with Gasteiger partial charge in [-0.15, -0.1) is 0 Å². The summed E-state index contributed by atoms with van der Waals surface area (Å²) in [6, 6.07) is 5.57. The van der Waals surface area contributed by atoms with Crippen molar-refractivity contribution < 1.29 is 22.7 Å². The number of ether oxygens (including phenoxy) is 1. The quantitative estimate of drug-likeness (QED) is 0.833. The first-order valence-electron chi connectivity index (χ1n) is 7.77. The number of benzene rings is 1. The SMILES string of the molecule is CC1(C)COCCN1C(=O)[C@H]1C[C@H]1c1ccccc1C(F)(F)F. The first kappa shape index (κ1) is 16.3. The number of carbonyl (C=O) groups excluding carboxylic acids is 1. The number of amides is 1. The Balaban J connectivity index is 1.79. The Kier molecular flexibility index (Phi) is 3.91. The maximum Gasteiger partial charge on any atom is 0.416 e. The van der Waals surface area contributed by atoms with E-state index < -0.39 is 17.3 Å². The van der Waals surface area contributed by atoms with Crippen molar-refractivity contribution in [3.8, 4) is 0 Å². The van der Waals surface area contributed by atoms with E-state index in [1.54, 1.807) is 11.0 Å². The molecule has 23 heavy (non-hydrogen) atoms. The van der Waals surface area contributed by atoms with Gasteiger partial charge < -0.3 is 9.64 Å². The van der Waals surface area contributed by atoms with Crippen molar-refractivity contribution in [2.45, 2.75) is 37.9 Å². The number of halogens is 3. The van der Waals surface area contributed by atoms with Crippen LogP contribution in [0.1, 0.15) is 37.3 Å². The molecule has 2 atom stereocenters. The molecule has 1 aliphatic heterocycles. The van der Waals surface area contributed by atoms with E-state index in [0.717, 1.165) is 6.07 Å². The molecule has 1 heterocycles. The van der Waals surface area contributed by atoms with Crippen molar-refractivity contribution in [3.63, 3.8) is 0 Å². The van der Waals surface area contributed by atoms with Gasteiger partial charge in [0, 0.05) is 12.5 Å². The number of morpholine rings is 1. The van der Waals surface area contributed by atoms with E-state index in [9.17, 15) is 18.0 Å². The largest absolute Gasteiger partial charge is 0.416 e. The molecule has 0 bridgehead atoms. The molecule has 0 spiro atoms. The molecule has 0 aromatic heterocycles. The highest BCUT2D eigenvalue weighted by atomic mass is 19.4. The van der Waals surface area contributed by atoms with Gasteiger partial charge in [0.1, 0.15) is 0 Å². The summed E-state index contributed by atoms with van der Waals surface area (Å²) in [6.07, 6.45) is -3.90. The summed E-state index contributed by atoms with van der Waals surface area (Å²) in [4.78, 5) is 14.5. The first-order valence-corrected chi connectivity index (χ1v) is 7.77. The Morgan fingerprint density at radius 2 is 2.00 bits per heavy atom. The zero-order chi connectivity index (χ0) is 16.8. The van der Waals surface area contributed by atoms with Crippen molar-refractivity contribution >= 4 is 5.91 Å². The van der Waals surface area contributed by atoms with Crippen LogP contribution in [0.2, 0.25) is 0 Å². The summed E-state index contributed by atoms with van der Waals surface area (Å²) in [6.45, 7) is 5.27. The molecule has 2 aliphatic rings. The minimum absolute atomic E-state index is 0.0553. The number of hydrogen-bond acceptors (Lipinski definition) is 2. The number of nitrogens with zero attached hydrogens (tertiary/aromatic N) is 1. The molecule has 126 valence electrons. The number of hydrogen-bond donors (Lipinski definition) is 0. The molecular weight excluding hydrogens is 307 g/mol. The highest BCUT2D eigenvalue weighted by molar-refractivity contribution is 5.84. The molecular formula is C17H20F3NO2. The molecule has 6 heteroatoms. The zero-order valence-electron chi connectivity index (χ0n) is 13.2. The highest BCUT2D eigenvalue weighted by Crippen LogP contribution is 2.52. The van der Waals surface area contributed by atoms with Gasteiger partial charge in [-0.1, -0.05) is 18.2 Å². The number of alkyl halides is 3. The second-order valence-electron chi connectivity index (χ2n) is 6.89. The van der Waals surface area contributed by atoms with Crippen LogP contribution in [-0.2, 0) is 15.7 Å². The highest BCUT2D eigenvalue weighted by Gasteiger charge is 2.51. The lowest BCUT2D eigenvalue weighted by atomic mass is 9.99. The normalized spacial score (nSPS) is 26.9. The van der Waals surface area contributed by atoms with Gasteiger partial charge in [0.15, 0.2) is 0 Å². The maximum absolute atomic E-state index is 13.1. The van der Waals surface area contributed by atoms with E-state index in [0.29, 0.717) is 26.2 Å². The fourth-order valence-corrected chi connectivity index (χ4v) is 3.36. The third kappa shape index (κ3) is 3.09. The lowest BCUT2D eigenvalue weighted by Crippen LogP contribution is -2.56. The first-order chi connectivity index (χ1) is 10.7. The molecule has 1 aromatic carbocycles. The van der Waals surface area contributed by atoms with Crippen molar-refractivity contribution in [2.75, 3.05) is 19.8 Å². The Morgan fingerprint density at radius 1 is 1.30 bits per heavy atom. The van der Waals surface area contributed by atoms with E-state index in [-0.39, 0.29) is 23.3 Å². The molecule has 0 radical (unpaired) electrons. The van der Waals surface area contributed by atoms with Gasteiger partial charge in [-0.2, -0.15) is 13.2 Å². The Bertz CT molecular complexity index is 612. The minimum atomic E-state index is -4.38. The molecule has 1 saturated carbocycles. The Morgan fingerprint density at radius 3 is 2.65 bits per heavy atom. The van der Waals surface area contributed by atoms with Crippen LogP contribution in [0.4, 0.5) is 13.2 Å². The lowest BCUT2D eigenvalue weighted by Gasteiger charge is -2.42. The monoisotopic (exact) mass is 327 g/mol. The van der Waals surface area contributed by atoms with Crippen molar-refractivity contribution in [2.24, 2.45) is 5.92 Å². The molecule has 3 rings (SSSR count). The van der Waals surface area contributed by atoms with E-state index in [4.69, 9.17) is 4.74 Å². The maximum atomic E-state index is 13.1. The molecule has 3 nitrogen and oxygen atoms in total. The van der Waals surface area contributed by atoms with E-state index in [1.165, 1.54) is 12.1 Å². The predicted octanol–water partition coefficient (Wildman–Crippen LogP) is 3.45. The average molecular weight is 327 g/mol. The van der Waals surface area contributed by atoms with Crippen LogP contribution < -0.4 is 0 Å². The standard InChI is InChI=1S/C17H20F3NO2/c1-16(2)10-23-8-7-21(16)15(22)13-9-12(13)11-5-3-4-6-14(11)17(18,19)20/h3-6,12-13H,7-10H2,1-2H3/t12-,13-/m0/s1. The fourth-order valence-electron chi connectivity index (χ4n) is 3.36.